The van der Waals surface area contributed by atoms with Crippen molar-refractivity contribution in [2.75, 3.05) is 26.8 Å². The van der Waals surface area contributed by atoms with Crippen LogP contribution in [-0.2, 0) is 26.0 Å². The summed E-state index contributed by atoms with van der Waals surface area (Å²) in [4.78, 5) is 15.7. The smallest absolute Gasteiger partial charge is 0.264 e. The molecule has 0 unspecified atom stereocenters. The summed E-state index contributed by atoms with van der Waals surface area (Å²) in [6.45, 7) is 0.668. The van der Waals surface area contributed by atoms with Crippen LogP contribution in [0.15, 0.2) is 71.9 Å². The van der Waals surface area contributed by atoms with Crippen molar-refractivity contribution in [3.8, 4) is 16.9 Å². The Balaban J connectivity index is 1.38. The number of pyridine rings is 1. The summed E-state index contributed by atoms with van der Waals surface area (Å²) in [5.74, 6) is 0.0599. The van der Waals surface area contributed by atoms with E-state index in [1.165, 1.54) is 19.2 Å². The third-order valence-electron chi connectivity index (χ3n) is 5.87. The van der Waals surface area contributed by atoms with Gasteiger partial charge in [-0.15, -0.1) is 0 Å². The molecule has 2 heterocycles. The average molecular weight is 512 g/mol. The third-order valence-corrected chi connectivity index (χ3v) is 7.24. The van der Waals surface area contributed by atoms with Crippen LogP contribution in [0.25, 0.3) is 11.1 Å². The monoisotopic (exact) mass is 511 g/mol. The molecule has 0 spiro atoms. The molecule has 0 bridgehead atoms. The van der Waals surface area contributed by atoms with E-state index in [4.69, 9.17) is 4.74 Å². The van der Waals surface area contributed by atoms with E-state index < -0.39 is 22.0 Å². The molecule has 190 valence electrons. The Morgan fingerprint density at radius 3 is 2.81 bits per heavy atom. The summed E-state index contributed by atoms with van der Waals surface area (Å²) < 4.78 is 37.9. The van der Waals surface area contributed by atoms with Gasteiger partial charge in [-0.25, -0.2) is 13.1 Å². The molecule has 1 aromatic heterocycles. The van der Waals surface area contributed by atoms with Crippen LogP contribution in [0.3, 0.4) is 0 Å². The van der Waals surface area contributed by atoms with Crippen LogP contribution in [0, 0.1) is 0 Å². The van der Waals surface area contributed by atoms with Gasteiger partial charge in [0.2, 0.25) is 0 Å². The zero-order chi connectivity index (χ0) is 25.5. The number of rotatable bonds is 10. The highest BCUT2D eigenvalue weighted by Crippen LogP contribution is 2.32. The lowest BCUT2D eigenvalue weighted by Gasteiger charge is -2.27. The van der Waals surface area contributed by atoms with Gasteiger partial charge in [-0.1, -0.05) is 24.3 Å². The number of methoxy groups -OCH3 is 1. The quantitative estimate of drug-likeness (QED) is 0.378. The first-order valence-electron chi connectivity index (χ1n) is 11.6. The van der Waals surface area contributed by atoms with Gasteiger partial charge in [0.05, 0.1) is 11.0 Å². The minimum atomic E-state index is -4.00. The van der Waals surface area contributed by atoms with E-state index in [1.54, 1.807) is 24.5 Å². The van der Waals surface area contributed by atoms with Crippen molar-refractivity contribution in [1.82, 2.24) is 15.0 Å². The summed E-state index contributed by atoms with van der Waals surface area (Å²) >= 11 is 0. The van der Waals surface area contributed by atoms with Crippen molar-refractivity contribution in [3.63, 3.8) is 0 Å². The number of aliphatic hydroxyl groups is 1. The molecule has 2 aromatic carbocycles. The molecule has 0 aliphatic carbocycles. The highest BCUT2D eigenvalue weighted by Gasteiger charge is 2.22. The zero-order valence-electron chi connectivity index (χ0n) is 19.9. The molecule has 3 aromatic rings. The Labute approximate surface area is 210 Å². The normalized spacial score (nSPS) is 16.0. The fourth-order valence-electron chi connectivity index (χ4n) is 4.05. The van der Waals surface area contributed by atoms with Crippen LogP contribution in [0.1, 0.15) is 23.7 Å². The molecule has 1 aliphatic rings. The van der Waals surface area contributed by atoms with Gasteiger partial charge in [0.15, 0.2) is 0 Å². The number of ether oxygens (including phenoxy) is 2. The maximum atomic E-state index is 12.5. The van der Waals surface area contributed by atoms with Gasteiger partial charge < -0.3 is 19.9 Å². The summed E-state index contributed by atoms with van der Waals surface area (Å²) in [7, 11) is -2.68. The molecule has 36 heavy (non-hydrogen) atoms. The fourth-order valence-corrected chi connectivity index (χ4v) is 5.07. The second-order valence-electron chi connectivity index (χ2n) is 8.55. The van der Waals surface area contributed by atoms with Gasteiger partial charge in [0.25, 0.3) is 15.9 Å². The van der Waals surface area contributed by atoms with Gasteiger partial charge in [0, 0.05) is 38.2 Å². The average Bonchev–Trinajstić information content (AvgIpc) is 2.88. The van der Waals surface area contributed by atoms with Crippen molar-refractivity contribution in [2.45, 2.75) is 29.9 Å². The molecule has 3 N–H and O–H groups in total. The number of nitrogens with one attached hydrogen (secondary N) is 2. The number of nitrogens with zero attached hydrogens (tertiary/aromatic N) is 1. The van der Waals surface area contributed by atoms with Crippen molar-refractivity contribution >= 4 is 15.9 Å². The Morgan fingerprint density at radius 2 is 2.03 bits per heavy atom. The van der Waals surface area contributed by atoms with Crippen LogP contribution in [0.5, 0.6) is 5.75 Å². The van der Waals surface area contributed by atoms with Gasteiger partial charge in [0.1, 0.15) is 18.5 Å². The maximum absolute atomic E-state index is 12.5. The summed E-state index contributed by atoms with van der Waals surface area (Å²) in [6, 6.07) is 15.9. The first kappa shape index (κ1) is 25.8. The number of sulfonamides is 1. The lowest BCUT2D eigenvalue weighted by atomic mass is 9.97. The number of hydrogen-bond donors (Lipinski definition) is 3. The topological polar surface area (TPSA) is 127 Å². The fraction of sp³-hybridized carbons (Fsp3) is 0.308. The van der Waals surface area contributed by atoms with Crippen LogP contribution < -0.4 is 14.8 Å². The van der Waals surface area contributed by atoms with E-state index in [1.807, 2.05) is 35.1 Å². The number of fused-ring (bicyclic) bond motifs is 1. The number of aliphatic hydroxyl groups excluding tert-OH is 1. The van der Waals surface area contributed by atoms with E-state index in [0.717, 1.165) is 35.3 Å². The molecule has 4 rings (SSSR count). The standard InChI is InChI=1S/C26H29N3O6S/c1-34-17-26(31)29-36(32,33)23-6-2-4-18(13-23)19-8-10-25-20(12-19)7-9-22(35-25)15-28-16-24(30)21-5-3-11-27-14-21/h2-6,8,10-14,22,24,28,30H,7,9,15-17H2,1H3,(H,29,31)/t22-,24-/m0/s1. The molecule has 0 saturated carbocycles. The van der Waals surface area contributed by atoms with Crippen molar-refractivity contribution < 1.29 is 27.8 Å². The summed E-state index contributed by atoms with van der Waals surface area (Å²) in [6.07, 6.45) is 4.29. The van der Waals surface area contributed by atoms with E-state index >= 15 is 0 Å². The predicted octanol–water partition coefficient (Wildman–Crippen LogP) is 2.22. The van der Waals surface area contributed by atoms with Crippen LogP contribution in [0.4, 0.5) is 0 Å². The number of hydrogen-bond acceptors (Lipinski definition) is 8. The minimum Gasteiger partial charge on any atom is -0.489 e. The van der Waals surface area contributed by atoms with Crippen molar-refractivity contribution in [3.05, 3.63) is 78.1 Å². The van der Waals surface area contributed by atoms with Gasteiger partial charge in [-0.2, -0.15) is 0 Å². The number of aryl methyl sites for hydroxylation is 1. The molecule has 1 aliphatic heterocycles. The highest BCUT2D eigenvalue weighted by molar-refractivity contribution is 7.90. The predicted molar refractivity (Wildman–Crippen MR) is 134 cm³/mol. The molecular weight excluding hydrogens is 482 g/mol. The molecule has 1 amide bonds. The Kier molecular flexibility index (Phi) is 8.32. The lowest BCUT2D eigenvalue weighted by Crippen LogP contribution is -2.36. The van der Waals surface area contributed by atoms with Gasteiger partial charge >= 0.3 is 0 Å². The van der Waals surface area contributed by atoms with Crippen LogP contribution >= 0.6 is 0 Å². The van der Waals surface area contributed by atoms with Gasteiger partial charge in [-0.05, 0) is 59.9 Å². The first-order chi connectivity index (χ1) is 17.4. The molecule has 2 atom stereocenters. The second-order valence-corrected chi connectivity index (χ2v) is 10.2. The molecule has 10 heteroatoms. The SMILES string of the molecule is COCC(=O)NS(=O)(=O)c1cccc(-c2ccc3c(c2)CC[C@@H](CNC[C@H](O)c2cccnc2)O3)c1. The maximum Gasteiger partial charge on any atom is 0.264 e. The number of amides is 1. The molecule has 0 saturated heterocycles. The number of aromatic nitrogens is 1. The van der Waals surface area contributed by atoms with Gasteiger partial charge in [-0.3, -0.25) is 9.78 Å². The van der Waals surface area contributed by atoms with Crippen molar-refractivity contribution in [1.29, 1.82) is 0 Å². The molecular formula is C26H29N3O6S. The van der Waals surface area contributed by atoms with Crippen LogP contribution in [-0.4, -0.2) is 57.3 Å². The molecule has 0 radical (unpaired) electrons. The number of benzene rings is 2. The third kappa shape index (κ3) is 6.46. The molecule has 0 fully saturated rings. The second kappa shape index (κ2) is 11.6. The van der Waals surface area contributed by atoms with Crippen LogP contribution in [0.2, 0.25) is 0 Å². The van der Waals surface area contributed by atoms with E-state index in [0.29, 0.717) is 18.7 Å². The van der Waals surface area contributed by atoms with E-state index in [2.05, 4.69) is 15.0 Å². The summed E-state index contributed by atoms with van der Waals surface area (Å²) in [5.41, 5.74) is 3.38. The van der Waals surface area contributed by atoms with E-state index in [-0.39, 0.29) is 17.6 Å². The van der Waals surface area contributed by atoms with E-state index in [9.17, 15) is 18.3 Å². The lowest BCUT2D eigenvalue weighted by molar-refractivity contribution is -0.122. The Morgan fingerprint density at radius 1 is 1.19 bits per heavy atom. The molecule has 9 nitrogen and oxygen atoms in total. The zero-order valence-corrected chi connectivity index (χ0v) is 20.7. The minimum absolute atomic E-state index is 0.00182. The highest BCUT2D eigenvalue weighted by atomic mass is 32.2. The number of carbonyl (C=O) groups is 1. The van der Waals surface area contributed by atoms with Crippen molar-refractivity contribution in [2.24, 2.45) is 0 Å². The summed E-state index contributed by atoms with van der Waals surface area (Å²) in [5, 5.41) is 13.5. The number of carbonyl (C=O) groups excluding carboxylic acids is 1. The Bertz CT molecular complexity index is 1300. The first-order valence-corrected chi connectivity index (χ1v) is 13.1. The Hall–Kier alpha value is -3.31. The largest absolute Gasteiger partial charge is 0.489 e.